The van der Waals surface area contributed by atoms with Gasteiger partial charge in [0.2, 0.25) is 5.91 Å². The van der Waals surface area contributed by atoms with E-state index < -0.39 is 0 Å². The number of hydrogen-bond donors (Lipinski definition) is 2. The predicted molar refractivity (Wildman–Crippen MR) is 75.9 cm³/mol. The molecule has 1 aliphatic heterocycles. The minimum atomic E-state index is -0.241. The SMILES string of the molecule is O=C(NCC1=CCNCC1)C1(c2ccccc2)CC1. The average Bonchev–Trinajstić information content (AvgIpc) is 3.28. The first-order valence-electron chi connectivity index (χ1n) is 7.04. The number of nitrogens with one attached hydrogen (secondary N) is 2. The maximum atomic E-state index is 12.4. The van der Waals surface area contributed by atoms with Crippen molar-refractivity contribution >= 4 is 5.91 Å². The van der Waals surface area contributed by atoms with Crippen molar-refractivity contribution in [2.75, 3.05) is 19.6 Å². The van der Waals surface area contributed by atoms with E-state index in [9.17, 15) is 4.79 Å². The lowest BCUT2D eigenvalue weighted by Crippen LogP contribution is -2.37. The summed E-state index contributed by atoms with van der Waals surface area (Å²) < 4.78 is 0. The molecule has 1 saturated carbocycles. The van der Waals surface area contributed by atoms with Gasteiger partial charge in [-0.1, -0.05) is 42.0 Å². The molecule has 1 heterocycles. The number of rotatable bonds is 4. The van der Waals surface area contributed by atoms with Crippen LogP contribution in [0.4, 0.5) is 0 Å². The maximum absolute atomic E-state index is 12.4. The van der Waals surface area contributed by atoms with Crippen molar-refractivity contribution in [3.05, 3.63) is 47.5 Å². The van der Waals surface area contributed by atoms with Crippen LogP contribution in [0.3, 0.4) is 0 Å². The molecule has 0 aromatic heterocycles. The number of amides is 1. The van der Waals surface area contributed by atoms with Gasteiger partial charge in [-0.3, -0.25) is 4.79 Å². The molecule has 0 atom stereocenters. The van der Waals surface area contributed by atoms with E-state index in [0.717, 1.165) is 37.9 Å². The first-order chi connectivity index (χ1) is 9.31. The number of benzene rings is 1. The van der Waals surface area contributed by atoms with Crippen LogP contribution in [-0.2, 0) is 10.2 Å². The summed E-state index contributed by atoms with van der Waals surface area (Å²) in [6.45, 7) is 2.65. The molecule has 2 aliphatic rings. The van der Waals surface area contributed by atoms with E-state index >= 15 is 0 Å². The summed E-state index contributed by atoms with van der Waals surface area (Å²) in [6, 6.07) is 10.2. The van der Waals surface area contributed by atoms with Gasteiger partial charge in [0.25, 0.3) is 0 Å². The van der Waals surface area contributed by atoms with Crippen LogP contribution in [0, 0.1) is 0 Å². The minimum absolute atomic E-state index is 0.193. The number of carbonyl (C=O) groups is 1. The minimum Gasteiger partial charge on any atom is -0.352 e. The van der Waals surface area contributed by atoms with Crippen molar-refractivity contribution in [3.8, 4) is 0 Å². The van der Waals surface area contributed by atoms with Crippen LogP contribution in [0.1, 0.15) is 24.8 Å². The third kappa shape index (κ3) is 2.56. The van der Waals surface area contributed by atoms with Gasteiger partial charge in [-0.05, 0) is 31.4 Å². The fourth-order valence-corrected chi connectivity index (χ4v) is 2.72. The highest BCUT2D eigenvalue weighted by molar-refractivity contribution is 5.91. The Bertz CT molecular complexity index is 489. The van der Waals surface area contributed by atoms with Gasteiger partial charge in [0.1, 0.15) is 0 Å². The maximum Gasteiger partial charge on any atom is 0.230 e. The van der Waals surface area contributed by atoms with Crippen LogP contribution < -0.4 is 10.6 Å². The van der Waals surface area contributed by atoms with Gasteiger partial charge >= 0.3 is 0 Å². The predicted octanol–water partition coefficient (Wildman–Crippen LogP) is 1.75. The summed E-state index contributed by atoms with van der Waals surface area (Å²) in [4.78, 5) is 12.4. The number of carbonyl (C=O) groups excluding carboxylic acids is 1. The first kappa shape index (κ1) is 12.4. The fourth-order valence-electron chi connectivity index (χ4n) is 2.72. The molecular weight excluding hydrogens is 236 g/mol. The second kappa shape index (κ2) is 5.17. The lowest BCUT2D eigenvalue weighted by atomic mass is 9.95. The van der Waals surface area contributed by atoms with E-state index in [2.05, 4.69) is 28.8 Å². The van der Waals surface area contributed by atoms with E-state index in [1.807, 2.05) is 18.2 Å². The third-order valence-corrected chi connectivity index (χ3v) is 4.14. The molecule has 2 N–H and O–H groups in total. The molecule has 3 nitrogen and oxygen atoms in total. The molecule has 100 valence electrons. The van der Waals surface area contributed by atoms with Crippen LogP contribution in [-0.4, -0.2) is 25.5 Å². The zero-order chi connectivity index (χ0) is 13.1. The Morgan fingerprint density at radius 2 is 2.05 bits per heavy atom. The van der Waals surface area contributed by atoms with E-state index in [-0.39, 0.29) is 11.3 Å². The molecule has 0 radical (unpaired) electrons. The van der Waals surface area contributed by atoms with Crippen molar-refractivity contribution in [1.82, 2.24) is 10.6 Å². The first-order valence-corrected chi connectivity index (χ1v) is 7.04. The molecule has 1 amide bonds. The van der Waals surface area contributed by atoms with Crippen LogP contribution in [0.15, 0.2) is 42.0 Å². The highest BCUT2D eigenvalue weighted by Crippen LogP contribution is 2.48. The van der Waals surface area contributed by atoms with E-state index in [0.29, 0.717) is 6.54 Å². The van der Waals surface area contributed by atoms with Gasteiger partial charge < -0.3 is 10.6 Å². The smallest absolute Gasteiger partial charge is 0.230 e. The Morgan fingerprint density at radius 3 is 2.68 bits per heavy atom. The second-order valence-electron chi connectivity index (χ2n) is 5.45. The highest BCUT2D eigenvalue weighted by Gasteiger charge is 2.50. The molecule has 0 spiro atoms. The van der Waals surface area contributed by atoms with Gasteiger partial charge in [0.15, 0.2) is 0 Å². The standard InChI is InChI=1S/C16H20N2O/c19-15(18-12-13-6-10-17-11-7-13)16(8-9-16)14-4-2-1-3-5-14/h1-6,17H,7-12H2,(H,18,19). The lowest BCUT2D eigenvalue weighted by molar-refractivity contribution is -0.123. The highest BCUT2D eigenvalue weighted by atomic mass is 16.2. The Morgan fingerprint density at radius 1 is 1.26 bits per heavy atom. The van der Waals surface area contributed by atoms with Gasteiger partial charge in [-0.2, -0.15) is 0 Å². The van der Waals surface area contributed by atoms with E-state index in [1.165, 1.54) is 5.57 Å². The lowest BCUT2D eigenvalue weighted by Gasteiger charge is -2.18. The number of hydrogen-bond acceptors (Lipinski definition) is 2. The molecule has 0 bridgehead atoms. The van der Waals surface area contributed by atoms with Gasteiger partial charge in [-0.15, -0.1) is 0 Å². The van der Waals surface area contributed by atoms with Gasteiger partial charge in [-0.25, -0.2) is 0 Å². The molecule has 1 aromatic rings. The summed E-state index contributed by atoms with van der Waals surface area (Å²) in [5, 5.41) is 6.40. The fraction of sp³-hybridized carbons (Fsp3) is 0.438. The Kier molecular flexibility index (Phi) is 3.38. The van der Waals surface area contributed by atoms with Crippen molar-refractivity contribution in [3.63, 3.8) is 0 Å². The van der Waals surface area contributed by atoms with Crippen molar-refractivity contribution in [1.29, 1.82) is 0 Å². The normalized spacial score (nSPS) is 20.5. The molecule has 3 heteroatoms. The molecule has 19 heavy (non-hydrogen) atoms. The molecule has 1 aliphatic carbocycles. The summed E-state index contributed by atoms with van der Waals surface area (Å²) >= 11 is 0. The Labute approximate surface area is 114 Å². The molecule has 1 aromatic carbocycles. The van der Waals surface area contributed by atoms with Crippen LogP contribution >= 0.6 is 0 Å². The quantitative estimate of drug-likeness (QED) is 0.806. The van der Waals surface area contributed by atoms with Crippen LogP contribution in [0.2, 0.25) is 0 Å². The largest absolute Gasteiger partial charge is 0.352 e. The molecular formula is C16H20N2O. The second-order valence-corrected chi connectivity index (χ2v) is 5.45. The zero-order valence-electron chi connectivity index (χ0n) is 11.1. The van der Waals surface area contributed by atoms with E-state index in [1.54, 1.807) is 0 Å². The topological polar surface area (TPSA) is 41.1 Å². The van der Waals surface area contributed by atoms with Gasteiger partial charge in [0.05, 0.1) is 5.41 Å². The van der Waals surface area contributed by atoms with Crippen LogP contribution in [0.5, 0.6) is 0 Å². The summed E-state index contributed by atoms with van der Waals surface area (Å²) in [7, 11) is 0. The van der Waals surface area contributed by atoms with Crippen molar-refractivity contribution < 1.29 is 4.79 Å². The van der Waals surface area contributed by atoms with Crippen LogP contribution in [0.25, 0.3) is 0 Å². The molecule has 1 fully saturated rings. The average molecular weight is 256 g/mol. The summed E-state index contributed by atoms with van der Waals surface area (Å²) in [5.41, 5.74) is 2.26. The molecule has 3 rings (SSSR count). The van der Waals surface area contributed by atoms with Crippen molar-refractivity contribution in [2.45, 2.75) is 24.7 Å². The molecule has 0 unspecified atom stereocenters. The monoisotopic (exact) mass is 256 g/mol. The zero-order valence-corrected chi connectivity index (χ0v) is 11.1. The Hall–Kier alpha value is -1.61. The molecule has 0 saturated heterocycles. The summed E-state index contributed by atoms with van der Waals surface area (Å²) in [6.07, 6.45) is 5.18. The Balaban J connectivity index is 1.63. The van der Waals surface area contributed by atoms with Gasteiger partial charge in [0, 0.05) is 13.1 Å². The van der Waals surface area contributed by atoms with E-state index in [4.69, 9.17) is 0 Å². The summed E-state index contributed by atoms with van der Waals surface area (Å²) in [5.74, 6) is 0.193. The van der Waals surface area contributed by atoms with Crippen molar-refractivity contribution in [2.24, 2.45) is 0 Å². The third-order valence-electron chi connectivity index (χ3n) is 4.14.